The Hall–Kier alpha value is -1.49. The molecule has 122 valence electrons. The van der Waals surface area contributed by atoms with Crippen molar-refractivity contribution in [3.63, 3.8) is 0 Å². The van der Waals surface area contributed by atoms with Crippen molar-refractivity contribution in [2.75, 3.05) is 5.75 Å². The fourth-order valence-electron chi connectivity index (χ4n) is 3.96. The Labute approximate surface area is 141 Å². The number of nitrogens with one attached hydrogen (secondary N) is 1. The third kappa shape index (κ3) is 2.65. The van der Waals surface area contributed by atoms with Gasteiger partial charge in [0.1, 0.15) is 11.4 Å². The number of nitrogens with zero attached hydrogens (tertiary/aromatic N) is 1. The van der Waals surface area contributed by atoms with E-state index in [4.69, 9.17) is 0 Å². The molecule has 1 aliphatic carbocycles. The molecule has 0 aromatic heterocycles. The van der Waals surface area contributed by atoms with Crippen LogP contribution < -0.4 is 5.32 Å². The van der Waals surface area contributed by atoms with Crippen molar-refractivity contribution in [3.8, 4) is 0 Å². The molecule has 1 aromatic rings. The van der Waals surface area contributed by atoms with Crippen LogP contribution in [0, 0.1) is 0 Å². The van der Waals surface area contributed by atoms with Gasteiger partial charge < -0.3 is 10.2 Å². The summed E-state index contributed by atoms with van der Waals surface area (Å²) in [6, 6.07) is 7.70. The van der Waals surface area contributed by atoms with Gasteiger partial charge in [0.2, 0.25) is 5.91 Å². The fourth-order valence-corrected chi connectivity index (χ4v) is 5.43. The predicted molar refractivity (Wildman–Crippen MR) is 91.2 cm³/mol. The molecule has 0 radical (unpaired) electrons. The van der Waals surface area contributed by atoms with Crippen LogP contribution in [0.5, 0.6) is 0 Å². The molecule has 1 aromatic carbocycles. The summed E-state index contributed by atoms with van der Waals surface area (Å²) in [6.07, 6.45) is 7.08. The highest BCUT2D eigenvalue weighted by Crippen LogP contribution is 2.48. The number of carbonyl (C=O) groups excluding carboxylic acids is 2. The smallest absolute Gasteiger partial charge is 0.256 e. The second-order valence-electron chi connectivity index (χ2n) is 6.70. The van der Waals surface area contributed by atoms with E-state index in [9.17, 15) is 9.59 Å². The van der Waals surface area contributed by atoms with Crippen molar-refractivity contribution in [1.29, 1.82) is 0 Å². The fraction of sp³-hybridized carbons (Fsp3) is 0.556. The van der Waals surface area contributed by atoms with Gasteiger partial charge in [-0.3, -0.25) is 9.59 Å². The second kappa shape index (κ2) is 6.19. The van der Waals surface area contributed by atoms with Crippen LogP contribution in [0.1, 0.15) is 59.8 Å². The normalized spacial score (nSPS) is 27.5. The Balaban J connectivity index is 1.49. The molecule has 1 N–H and O–H groups in total. The molecule has 2 aliphatic heterocycles. The van der Waals surface area contributed by atoms with Gasteiger partial charge in [-0.25, -0.2) is 0 Å². The quantitative estimate of drug-likeness (QED) is 0.848. The molecule has 2 heterocycles. The van der Waals surface area contributed by atoms with Crippen LogP contribution in [-0.2, 0) is 4.79 Å². The Kier molecular flexibility index (Phi) is 4.05. The summed E-state index contributed by atoms with van der Waals surface area (Å²) in [7, 11) is 0. The molecule has 23 heavy (non-hydrogen) atoms. The first-order valence-electron chi connectivity index (χ1n) is 8.59. The largest absolute Gasteiger partial charge is 0.352 e. The van der Waals surface area contributed by atoms with Gasteiger partial charge >= 0.3 is 0 Å². The monoisotopic (exact) mass is 330 g/mol. The van der Waals surface area contributed by atoms with E-state index in [0.717, 1.165) is 24.0 Å². The Morgan fingerprint density at radius 1 is 1.13 bits per heavy atom. The van der Waals surface area contributed by atoms with Gasteiger partial charge in [0, 0.05) is 17.4 Å². The number of fused-ring (bicyclic) bond motifs is 3. The predicted octanol–water partition coefficient (Wildman–Crippen LogP) is 3.10. The van der Waals surface area contributed by atoms with E-state index in [0.29, 0.717) is 5.75 Å². The molecule has 0 unspecified atom stereocenters. The number of thioether (sulfide) groups is 1. The summed E-state index contributed by atoms with van der Waals surface area (Å²) in [5, 5.41) is 3.23. The number of benzene rings is 1. The average Bonchev–Trinajstić information content (AvgIpc) is 3.00. The topological polar surface area (TPSA) is 49.4 Å². The second-order valence-corrected chi connectivity index (χ2v) is 7.81. The van der Waals surface area contributed by atoms with Gasteiger partial charge in [-0.15, -0.1) is 11.8 Å². The van der Waals surface area contributed by atoms with Crippen LogP contribution in [0.4, 0.5) is 0 Å². The van der Waals surface area contributed by atoms with E-state index in [1.807, 2.05) is 24.3 Å². The van der Waals surface area contributed by atoms with Crippen molar-refractivity contribution in [2.45, 2.75) is 56.0 Å². The number of hydrogen-bond donors (Lipinski definition) is 1. The van der Waals surface area contributed by atoms with Crippen LogP contribution in [-0.4, -0.2) is 34.6 Å². The lowest BCUT2D eigenvalue weighted by molar-refractivity contribution is -0.125. The van der Waals surface area contributed by atoms with Crippen molar-refractivity contribution in [2.24, 2.45) is 0 Å². The van der Waals surface area contributed by atoms with Crippen LogP contribution in [0.3, 0.4) is 0 Å². The van der Waals surface area contributed by atoms with E-state index >= 15 is 0 Å². The molecule has 2 fully saturated rings. The minimum atomic E-state index is -0.326. The van der Waals surface area contributed by atoms with Crippen molar-refractivity contribution in [1.82, 2.24) is 10.2 Å². The number of rotatable bonds is 2. The van der Waals surface area contributed by atoms with E-state index in [2.05, 4.69) is 5.32 Å². The first-order valence-corrected chi connectivity index (χ1v) is 9.64. The van der Waals surface area contributed by atoms with Crippen molar-refractivity contribution >= 4 is 23.6 Å². The minimum Gasteiger partial charge on any atom is -0.352 e. The molecule has 4 nitrogen and oxygen atoms in total. The number of amides is 2. The highest BCUT2D eigenvalue weighted by molar-refractivity contribution is 7.99. The maximum absolute atomic E-state index is 12.7. The van der Waals surface area contributed by atoms with Crippen molar-refractivity contribution < 1.29 is 9.59 Å². The standard InChI is InChI=1S/C18H22N2O2S/c21-16(19-12-7-3-1-2-4-8-12)15-11-23-18-14-10-6-5-9-13(14)17(22)20(15)18/h5-6,9-10,12,15,18H,1-4,7-8,11H2,(H,19,21)/t15-,18+/m0/s1. The van der Waals surface area contributed by atoms with E-state index in [-0.39, 0.29) is 29.3 Å². The van der Waals surface area contributed by atoms with E-state index in [1.165, 1.54) is 25.7 Å². The lowest BCUT2D eigenvalue weighted by Gasteiger charge is -2.25. The summed E-state index contributed by atoms with van der Waals surface area (Å²) in [6.45, 7) is 0. The molecule has 1 saturated carbocycles. The minimum absolute atomic E-state index is 0.0108. The highest BCUT2D eigenvalue weighted by Gasteiger charge is 2.48. The molecule has 5 heteroatoms. The summed E-state index contributed by atoms with van der Waals surface area (Å²) in [4.78, 5) is 27.2. The zero-order chi connectivity index (χ0) is 15.8. The first-order chi connectivity index (χ1) is 11.3. The molecule has 2 atom stereocenters. The van der Waals surface area contributed by atoms with Crippen LogP contribution in [0.15, 0.2) is 24.3 Å². The third-order valence-electron chi connectivity index (χ3n) is 5.20. The summed E-state index contributed by atoms with van der Waals surface area (Å²) >= 11 is 1.71. The molecule has 3 aliphatic rings. The highest BCUT2D eigenvalue weighted by atomic mass is 32.2. The van der Waals surface area contributed by atoms with Gasteiger partial charge in [0.25, 0.3) is 5.91 Å². The zero-order valence-electron chi connectivity index (χ0n) is 13.2. The Morgan fingerprint density at radius 3 is 2.65 bits per heavy atom. The first kappa shape index (κ1) is 15.1. The third-order valence-corrected chi connectivity index (χ3v) is 6.50. The molecule has 0 bridgehead atoms. The SMILES string of the molecule is O=C(NC1CCCCCC1)[C@@H]1CS[C@@H]2c3ccccc3C(=O)N21. The van der Waals surface area contributed by atoms with Gasteiger partial charge in [-0.1, -0.05) is 43.9 Å². The molecular formula is C18H22N2O2S. The molecule has 1 saturated heterocycles. The Bertz CT molecular complexity index is 625. The summed E-state index contributed by atoms with van der Waals surface area (Å²) in [5.41, 5.74) is 1.82. The van der Waals surface area contributed by atoms with Crippen molar-refractivity contribution in [3.05, 3.63) is 35.4 Å². The Morgan fingerprint density at radius 2 is 1.87 bits per heavy atom. The van der Waals surface area contributed by atoms with Gasteiger partial charge in [0.05, 0.1) is 0 Å². The lowest BCUT2D eigenvalue weighted by atomic mass is 10.1. The molecular weight excluding hydrogens is 308 g/mol. The van der Waals surface area contributed by atoms with E-state index < -0.39 is 0 Å². The van der Waals surface area contributed by atoms with Gasteiger partial charge in [-0.2, -0.15) is 0 Å². The van der Waals surface area contributed by atoms with Crippen LogP contribution in [0.2, 0.25) is 0 Å². The van der Waals surface area contributed by atoms with E-state index in [1.54, 1.807) is 16.7 Å². The maximum Gasteiger partial charge on any atom is 0.256 e. The van der Waals surface area contributed by atoms with Gasteiger partial charge in [0.15, 0.2) is 0 Å². The van der Waals surface area contributed by atoms with Gasteiger partial charge in [-0.05, 0) is 24.5 Å². The summed E-state index contributed by atoms with van der Waals surface area (Å²) < 4.78 is 0. The molecule has 0 spiro atoms. The lowest BCUT2D eigenvalue weighted by Crippen LogP contribution is -2.48. The molecule has 2 amide bonds. The number of carbonyl (C=O) groups is 2. The molecule has 4 rings (SSSR count). The average molecular weight is 330 g/mol. The van der Waals surface area contributed by atoms with Crippen LogP contribution >= 0.6 is 11.8 Å². The van der Waals surface area contributed by atoms with Crippen LogP contribution in [0.25, 0.3) is 0 Å². The number of hydrogen-bond acceptors (Lipinski definition) is 3. The zero-order valence-corrected chi connectivity index (χ0v) is 14.0. The maximum atomic E-state index is 12.7. The summed E-state index contributed by atoms with van der Waals surface area (Å²) in [5.74, 6) is 0.744.